The van der Waals surface area contributed by atoms with Crippen LogP contribution in [0.3, 0.4) is 0 Å². The highest BCUT2D eigenvalue weighted by Crippen LogP contribution is 2.25. The van der Waals surface area contributed by atoms with Gasteiger partial charge >= 0.3 is 0 Å². The SMILES string of the molecule is CCCCCC(=O)N(SCCCC)SCCCC. The second-order valence-electron chi connectivity index (χ2n) is 4.48. The van der Waals surface area contributed by atoms with Gasteiger partial charge in [0.05, 0.1) is 0 Å². The molecule has 2 nitrogen and oxygen atoms in total. The molecule has 0 unspecified atom stereocenters. The van der Waals surface area contributed by atoms with Gasteiger partial charge in [-0.1, -0.05) is 46.5 Å². The van der Waals surface area contributed by atoms with Gasteiger partial charge in [0.25, 0.3) is 0 Å². The number of carbonyl (C=O) groups is 1. The van der Waals surface area contributed by atoms with Gasteiger partial charge < -0.3 is 0 Å². The fourth-order valence-corrected chi connectivity index (χ4v) is 3.77. The van der Waals surface area contributed by atoms with Crippen molar-refractivity contribution in [2.45, 2.75) is 72.1 Å². The fraction of sp³-hybridized carbons (Fsp3) is 0.929. The van der Waals surface area contributed by atoms with E-state index in [2.05, 4.69) is 20.8 Å². The van der Waals surface area contributed by atoms with E-state index in [9.17, 15) is 4.79 Å². The largest absolute Gasteiger partial charge is 0.273 e. The molecule has 0 aliphatic heterocycles. The van der Waals surface area contributed by atoms with E-state index in [-0.39, 0.29) is 0 Å². The number of hydrogen-bond donors (Lipinski definition) is 0. The highest BCUT2D eigenvalue weighted by Gasteiger charge is 2.14. The van der Waals surface area contributed by atoms with Crippen molar-refractivity contribution in [1.82, 2.24) is 3.71 Å². The van der Waals surface area contributed by atoms with Gasteiger partial charge in [-0.25, -0.2) is 3.71 Å². The molecule has 0 saturated carbocycles. The van der Waals surface area contributed by atoms with Gasteiger partial charge in [0, 0.05) is 17.9 Å². The Labute approximate surface area is 122 Å². The maximum atomic E-state index is 12.1. The van der Waals surface area contributed by atoms with Crippen molar-refractivity contribution in [1.29, 1.82) is 0 Å². The quantitative estimate of drug-likeness (QED) is 0.360. The summed E-state index contributed by atoms with van der Waals surface area (Å²) in [4.78, 5) is 12.1. The highest BCUT2D eigenvalue weighted by atomic mass is 32.2. The summed E-state index contributed by atoms with van der Waals surface area (Å²) in [6.45, 7) is 6.56. The number of rotatable bonds is 12. The minimum atomic E-state index is 0.311. The summed E-state index contributed by atoms with van der Waals surface area (Å²) in [6, 6.07) is 0. The molecule has 0 radical (unpaired) electrons. The van der Waals surface area contributed by atoms with Gasteiger partial charge in [-0.3, -0.25) is 4.79 Å². The normalized spacial score (nSPS) is 10.6. The van der Waals surface area contributed by atoms with Gasteiger partial charge in [0.2, 0.25) is 5.91 Å². The first kappa shape index (κ1) is 18.2. The van der Waals surface area contributed by atoms with E-state index in [0.29, 0.717) is 12.3 Å². The van der Waals surface area contributed by atoms with Crippen molar-refractivity contribution >= 4 is 29.8 Å². The Morgan fingerprint density at radius 3 is 1.78 bits per heavy atom. The predicted octanol–water partition coefficient (Wildman–Crippen LogP) is 5.29. The minimum Gasteiger partial charge on any atom is -0.273 e. The van der Waals surface area contributed by atoms with Crippen molar-refractivity contribution < 1.29 is 4.79 Å². The molecule has 0 atom stereocenters. The Kier molecular flexibility index (Phi) is 13.7. The van der Waals surface area contributed by atoms with Crippen LogP contribution in [0.4, 0.5) is 0 Å². The molecule has 0 bridgehead atoms. The van der Waals surface area contributed by atoms with Gasteiger partial charge in [-0.2, -0.15) is 0 Å². The third-order valence-electron chi connectivity index (χ3n) is 2.61. The summed E-state index contributed by atoms with van der Waals surface area (Å²) in [5.41, 5.74) is 0. The second-order valence-corrected chi connectivity index (χ2v) is 6.78. The summed E-state index contributed by atoms with van der Waals surface area (Å²) in [7, 11) is 0. The standard InChI is InChI=1S/C14H29NOS2/c1-4-7-10-11-14(16)15(17-12-8-5-2)18-13-9-6-3/h4-13H2,1-3H3. The van der Waals surface area contributed by atoms with Gasteiger partial charge in [-0.05, 0) is 43.2 Å². The molecule has 0 fully saturated rings. The number of unbranched alkanes of at least 4 members (excludes halogenated alkanes) is 4. The summed E-state index contributed by atoms with van der Waals surface area (Å²) < 4.78 is 1.95. The minimum absolute atomic E-state index is 0.311. The first-order valence-corrected chi connectivity index (χ1v) is 9.23. The van der Waals surface area contributed by atoms with Crippen molar-refractivity contribution in [2.75, 3.05) is 11.5 Å². The number of carbonyl (C=O) groups excluding carboxylic acids is 1. The lowest BCUT2D eigenvalue weighted by Crippen LogP contribution is -2.18. The molecule has 1 amide bonds. The summed E-state index contributed by atoms with van der Waals surface area (Å²) >= 11 is 3.42. The Morgan fingerprint density at radius 2 is 1.33 bits per heavy atom. The van der Waals surface area contributed by atoms with Crippen LogP contribution in [0.5, 0.6) is 0 Å². The van der Waals surface area contributed by atoms with Gasteiger partial charge in [-0.15, -0.1) is 0 Å². The van der Waals surface area contributed by atoms with Gasteiger partial charge in [0.1, 0.15) is 0 Å². The van der Waals surface area contributed by atoms with Crippen molar-refractivity contribution in [3.8, 4) is 0 Å². The second kappa shape index (κ2) is 13.6. The Balaban J connectivity index is 3.95. The summed E-state index contributed by atoms with van der Waals surface area (Å²) in [5, 5.41) is 0. The number of nitrogens with zero attached hydrogens (tertiary/aromatic N) is 1. The lowest BCUT2D eigenvalue weighted by Gasteiger charge is -2.19. The van der Waals surface area contributed by atoms with E-state index in [4.69, 9.17) is 0 Å². The monoisotopic (exact) mass is 291 g/mol. The molecule has 4 heteroatoms. The summed E-state index contributed by atoms with van der Waals surface area (Å²) in [6.07, 6.45) is 8.88. The zero-order chi connectivity index (χ0) is 13.6. The van der Waals surface area contributed by atoms with E-state index in [0.717, 1.165) is 17.9 Å². The molecule has 0 aromatic rings. The van der Waals surface area contributed by atoms with Crippen LogP contribution >= 0.6 is 23.9 Å². The third-order valence-corrected chi connectivity index (χ3v) is 5.06. The Hall–Kier alpha value is 0.170. The third kappa shape index (κ3) is 10.1. The maximum absolute atomic E-state index is 12.1. The molecule has 0 saturated heterocycles. The summed E-state index contributed by atoms with van der Waals surface area (Å²) in [5.74, 6) is 2.44. The Morgan fingerprint density at radius 1 is 0.833 bits per heavy atom. The van der Waals surface area contributed by atoms with Crippen LogP contribution in [0.1, 0.15) is 72.1 Å². The van der Waals surface area contributed by atoms with Crippen LogP contribution in [0.15, 0.2) is 0 Å². The van der Waals surface area contributed by atoms with Crippen LogP contribution in [-0.4, -0.2) is 21.1 Å². The lowest BCUT2D eigenvalue weighted by molar-refractivity contribution is -0.122. The molecule has 0 heterocycles. The first-order valence-electron chi connectivity index (χ1n) is 7.35. The average Bonchev–Trinajstić information content (AvgIpc) is 2.37. The molecule has 0 aromatic carbocycles. The van der Waals surface area contributed by atoms with E-state index in [1.165, 1.54) is 38.5 Å². The van der Waals surface area contributed by atoms with E-state index in [1.807, 2.05) is 3.71 Å². The molecule has 108 valence electrons. The van der Waals surface area contributed by atoms with E-state index >= 15 is 0 Å². The predicted molar refractivity (Wildman–Crippen MR) is 85.7 cm³/mol. The van der Waals surface area contributed by atoms with Gasteiger partial charge in [0.15, 0.2) is 0 Å². The van der Waals surface area contributed by atoms with Crippen LogP contribution in [0.25, 0.3) is 0 Å². The number of amides is 1. The molecule has 0 rings (SSSR count). The molecule has 18 heavy (non-hydrogen) atoms. The molecule has 0 aliphatic carbocycles. The van der Waals surface area contributed by atoms with Crippen LogP contribution in [-0.2, 0) is 4.79 Å². The van der Waals surface area contributed by atoms with Crippen molar-refractivity contribution in [2.24, 2.45) is 0 Å². The molecule has 0 spiro atoms. The average molecular weight is 292 g/mol. The molecular weight excluding hydrogens is 262 g/mol. The number of hydrogen-bond acceptors (Lipinski definition) is 3. The smallest absolute Gasteiger partial charge is 0.242 e. The van der Waals surface area contributed by atoms with Crippen molar-refractivity contribution in [3.05, 3.63) is 0 Å². The highest BCUT2D eigenvalue weighted by molar-refractivity contribution is 8.12. The van der Waals surface area contributed by atoms with Crippen LogP contribution in [0.2, 0.25) is 0 Å². The van der Waals surface area contributed by atoms with Crippen molar-refractivity contribution in [3.63, 3.8) is 0 Å². The Bertz CT molecular complexity index is 190. The topological polar surface area (TPSA) is 20.3 Å². The molecule has 0 aromatic heterocycles. The fourth-order valence-electron chi connectivity index (χ4n) is 1.38. The van der Waals surface area contributed by atoms with E-state index in [1.54, 1.807) is 23.9 Å². The lowest BCUT2D eigenvalue weighted by atomic mass is 10.2. The van der Waals surface area contributed by atoms with E-state index < -0.39 is 0 Å². The van der Waals surface area contributed by atoms with Crippen LogP contribution < -0.4 is 0 Å². The first-order chi connectivity index (χ1) is 8.76. The maximum Gasteiger partial charge on any atom is 0.242 e. The molecule has 0 N–H and O–H groups in total. The zero-order valence-corrected chi connectivity index (χ0v) is 13.9. The molecular formula is C14H29NOS2. The molecule has 0 aliphatic rings. The van der Waals surface area contributed by atoms with Crippen LogP contribution in [0, 0.1) is 0 Å². The zero-order valence-electron chi connectivity index (χ0n) is 12.2.